The van der Waals surface area contributed by atoms with Crippen LogP contribution >= 0.6 is 11.6 Å². The minimum absolute atomic E-state index is 0.139. The van der Waals surface area contributed by atoms with Gasteiger partial charge in [-0.3, -0.25) is 14.6 Å². The number of carbonyl (C=O) groups is 1. The van der Waals surface area contributed by atoms with Gasteiger partial charge in [-0.2, -0.15) is 0 Å². The van der Waals surface area contributed by atoms with Crippen LogP contribution in [0, 0.1) is 6.92 Å². The molecule has 0 aliphatic carbocycles. The zero-order chi connectivity index (χ0) is 20.1. The molecule has 2 heterocycles. The molecule has 1 saturated heterocycles. The highest BCUT2D eigenvalue weighted by Gasteiger charge is 2.23. The van der Waals surface area contributed by atoms with Gasteiger partial charge in [0.15, 0.2) is 0 Å². The van der Waals surface area contributed by atoms with E-state index in [4.69, 9.17) is 20.9 Å². The third-order valence-electron chi connectivity index (χ3n) is 4.88. The number of aromatic nitrogens is 1. The molecule has 0 radical (unpaired) electrons. The minimum Gasteiger partial charge on any atom is -0.496 e. The number of methoxy groups -OCH3 is 1. The molecule has 1 amide bonds. The van der Waals surface area contributed by atoms with E-state index in [1.165, 1.54) is 0 Å². The molecule has 0 bridgehead atoms. The minimum atomic E-state index is 0.139. The average Bonchev–Trinajstić information content (AvgIpc) is 3.07. The summed E-state index contributed by atoms with van der Waals surface area (Å²) >= 11 is 6.09. The first kappa shape index (κ1) is 20.6. The molecule has 8 heteroatoms. The Morgan fingerprint density at radius 1 is 1.29 bits per heavy atom. The summed E-state index contributed by atoms with van der Waals surface area (Å²) in [4.78, 5) is 18.9. The third-order valence-corrected chi connectivity index (χ3v) is 5.11. The summed E-state index contributed by atoms with van der Waals surface area (Å²) in [7, 11) is 3.57. The van der Waals surface area contributed by atoms with Gasteiger partial charge in [-0.15, -0.1) is 0 Å². The summed E-state index contributed by atoms with van der Waals surface area (Å²) in [6.45, 7) is 6.73. The number of ether oxygens (including phenoxy) is 1. The molecule has 2 aromatic rings. The van der Waals surface area contributed by atoms with Crippen molar-refractivity contribution in [2.45, 2.75) is 20.0 Å². The quantitative estimate of drug-likeness (QED) is 0.703. The lowest BCUT2D eigenvalue weighted by molar-refractivity contribution is -0.134. The van der Waals surface area contributed by atoms with Crippen LogP contribution in [0.25, 0.3) is 0 Å². The zero-order valence-electron chi connectivity index (χ0n) is 16.7. The summed E-state index contributed by atoms with van der Waals surface area (Å²) in [5, 5.41) is 4.70. The fourth-order valence-electron chi connectivity index (χ4n) is 3.43. The topological polar surface area (TPSA) is 62.1 Å². The Morgan fingerprint density at radius 3 is 2.68 bits per heavy atom. The SMILES string of the molecule is COc1ccc(Cl)cc1CN(C)CC(=O)N1CCN(Cc2cc(C)on2)CC1. The highest BCUT2D eigenvalue weighted by Crippen LogP contribution is 2.23. The normalized spacial score (nSPS) is 15.2. The Bertz CT molecular complexity index is 802. The van der Waals surface area contributed by atoms with E-state index in [0.717, 1.165) is 55.5 Å². The van der Waals surface area contributed by atoms with Crippen LogP contribution < -0.4 is 4.74 Å². The summed E-state index contributed by atoms with van der Waals surface area (Å²) < 4.78 is 10.5. The van der Waals surface area contributed by atoms with Crippen LogP contribution in [0.1, 0.15) is 17.0 Å². The second-order valence-electron chi connectivity index (χ2n) is 7.21. The number of rotatable bonds is 7. The van der Waals surface area contributed by atoms with Crippen LogP contribution in [0.4, 0.5) is 0 Å². The average molecular weight is 407 g/mol. The van der Waals surface area contributed by atoms with E-state index in [2.05, 4.69) is 10.1 Å². The molecule has 152 valence electrons. The fourth-order valence-corrected chi connectivity index (χ4v) is 3.62. The predicted molar refractivity (Wildman–Crippen MR) is 107 cm³/mol. The van der Waals surface area contributed by atoms with Crippen LogP contribution in [0.3, 0.4) is 0 Å². The lowest BCUT2D eigenvalue weighted by Crippen LogP contribution is -2.50. The first-order valence-corrected chi connectivity index (χ1v) is 9.75. The van der Waals surface area contributed by atoms with Crippen LogP contribution in [-0.4, -0.2) is 72.6 Å². The van der Waals surface area contributed by atoms with Gasteiger partial charge >= 0.3 is 0 Å². The molecule has 1 aliphatic rings. The maximum Gasteiger partial charge on any atom is 0.236 e. The van der Waals surface area contributed by atoms with Gasteiger partial charge in [0, 0.05) is 55.9 Å². The maximum absolute atomic E-state index is 12.7. The largest absolute Gasteiger partial charge is 0.496 e. The molecule has 0 unspecified atom stereocenters. The van der Waals surface area contributed by atoms with Crippen molar-refractivity contribution in [3.05, 3.63) is 46.3 Å². The number of nitrogens with zero attached hydrogens (tertiary/aromatic N) is 4. The zero-order valence-corrected chi connectivity index (χ0v) is 17.4. The van der Waals surface area contributed by atoms with Crippen molar-refractivity contribution in [3.63, 3.8) is 0 Å². The highest BCUT2D eigenvalue weighted by atomic mass is 35.5. The fraction of sp³-hybridized carbons (Fsp3) is 0.500. The lowest BCUT2D eigenvalue weighted by atomic mass is 10.2. The lowest BCUT2D eigenvalue weighted by Gasteiger charge is -2.35. The van der Waals surface area contributed by atoms with Crippen LogP contribution in [-0.2, 0) is 17.9 Å². The summed E-state index contributed by atoms with van der Waals surface area (Å²) in [5.41, 5.74) is 1.91. The van der Waals surface area contributed by atoms with Crippen molar-refractivity contribution in [1.82, 2.24) is 19.9 Å². The Kier molecular flexibility index (Phi) is 6.93. The monoisotopic (exact) mass is 406 g/mol. The molecule has 0 N–H and O–H groups in total. The number of hydrogen-bond donors (Lipinski definition) is 0. The number of likely N-dealkylation sites (N-methyl/N-ethyl adjacent to an activating group) is 1. The number of benzene rings is 1. The Hall–Kier alpha value is -2.09. The molecule has 0 spiro atoms. The standard InChI is InChI=1S/C20H27ClN4O3/c1-15-10-18(22-28-15)13-24-6-8-25(9-7-24)20(26)14-23(2)12-16-11-17(21)4-5-19(16)27-3/h4-5,10-11H,6-9,12-14H2,1-3H3. The van der Waals surface area contributed by atoms with Crippen molar-refractivity contribution < 1.29 is 14.1 Å². The third kappa shape index (κ3) is 5.47. The van der Waals surface area contributed by atoms with Crippen molar-refractivity contribution >= 4 is 17.5 Å². The van der Waals surface area contributed by atoms with E-state index in [1.54, 1.807) is 13.2 Å². The Morgan fingerprint density at radius 2 is 2.04 bits per heavy atom. The van der Waals surface area contributed by atoms with E-state index in [-0.39, 0.29) is 5.91 Å². The summed E-state index contributed by atoms with van der Waals surface area (Å²) in [6.07, 6.45) is 0. The summed E-state index contributed by atoms with van der Waals surface area (Å²) in [5.74, 6) is 1.74. The van der Waals surface area contributed by atoms with Gasteiger partial charge < -0.3 is 14.2 Å². The van der Waals surface area contributed by atoms with Crippen molar-refractivity contribution in [3.8, 4) is 5.75 Å². The van der Waals surface area contributed by atoms with E-state index in [0.29, 0.717) is 18.1 Å². The van der Waals surface area contributed by atoms with Crippen molar-refractivity contribution in [2.75, 3.05) is 46.9 Å². The molecule has 7 nitrogen and oxygen atoms in total. The number of halogens is 1. The molecule has 1 fully saturated rings. The van der Waals surface area contributed by atoms with E-state index < -0.39 is 0 Å². The molecule has 28 heavy (non-hydrogen) atoms. The summed E-state index contributed by atoms with van der Waals surface area (Å²) in [6, 6.07) is 7.49. The van der Waals surface area contributed by atoms with Gasteiger partial charge in [0.25, 0.3) is 0 Å². The molecule has 0 atom stereocenters. The molecule has 1 aromatic heterocycles. The molecular weight excluding hydrogens is 380 g/mol. The molecular formula is C20H27ClN4O3. The second kappa shape index (κ2) is 9.41. The Labute approximate surface area is 170 Å². The van der Waals surface area contributed by atoms with Crippen LogP contribution in [0.15, 0.2) is 28.8 Å². The van der Waals surface area contributed by atoms with E-state index in [1.807, 2.05) is 42.0 Å². The molecule has 1 aromatic carbocycles. The second-order valence-corrected chi connectivity index (χ2v) is 7.65. The number of hydrogen-bond acceptors (Lipinski definition) is 6. The molecule has 0 saturated carbocycles. The molecule has 1 aliphatic heterocycles. The van der Waals surface area contributed by atoms with E-state index in [9.17, 15) is 4.79 Å². The number of carbonyl (C=O) groups excluding carboxylic acids is 1. The van der Waals surface area contributed by atoms with E-state index >= 15 is 0 Å². The van der Waals surface area contributed by atoms with Crippen LogP contribution in [0.2, 0.25) is 5.02 Å². The highest BCUT2D eigenvalue weighted by molar-refractivity contribution is 6.30. The van der Waals surface area contributed by atoms with Gasteiger partial charge in [0.1, 0.15) is 11.5 Å². The van der Waals surface area contributed by atoms with Gasteiger partial charge in [0.05, 0.1) is 19.3 Å². The Balaban J connectivity index is 1.47. The van der Waals surface area contributed by atoms with Crippen LogP contribution in [0.5, 0.6) is 5.75 Å². The van der Waals surface area contributed by atoms with Gasteiger partial charge in [-0.05, 0) is 32.2 Å². The number of amides is 1. The van der Waals surface area contributed by atoms with Gasteiger partial charge in [-0.1, -0.05) is 16.8 Å². The maximum atomic E-state index is 12.7. The van der Waals surface area contributed by atoms with Crippen molar-refractivity contribution in [2.24, 2.45) is 0 Å². The smallest absolute Gasteiger partial charge is 0.236 e. The van der Waals surface area contributed by atoms with Gasteiger partial charge in [-0.25, -0.2) is 0 Å². The number of aryl methyl sites for hydroxylation is 1. The first-order chi connectivity index (χ1) is 13.4. The number of piperazine rings is 1. The predicted octanol–water partition coefficient (Wildman–Crippen LogP) is 2.42. The molecule has 3 rings (SSSR count). The van der Waals surface area contributed by atoms with Gasteiger partial charge in [0.2, 0.25) is 5.91 Å². The van der Waals surface area contributed by atoms with Crippen molar-refractivity contribution in [1.29, 1.82) is 0 Å². The first-order valence-electron chi connectivity index (χ1n) is 9.38.